The van der Waals surface area contributed by atoms with Crippen molar-refractivity contribution in [2.45, 2.75) is 72.1 Å². The summed E-state index contributed by atoms with van der Waals surface area (Å²) < 4.78 is 36.1. The zero-order valence-corrected chi connectivity index (χ0v) is 40.8. The third-order valence-corrected chi connectivity index (χ3v) is 14.7. The molecule has 3 aromatic heterocycles. The lowest BCUT2D eigenvalue weighted by Crippen LogP contribution is -2.48. The van der Waals surface area contributed by atoms with Crippen molar-refractivity contribution in [2.24, 2.45) is 10.9 Å². The van der Waals surface area contributed by atoms with Gasteiger partial charge >= 0.3 is 12.1 Å². The van der Waals surface area contributed by atoms with E-state index < -0.39 is 18.2 Å². The summed E-state index contributed by atoms with van der Waals surface area (Å²) in [5.41, 5.74) is 7.35. The van der Waals surface area contributed by atoms with Crippen LogP contribution in [0.5, 0.6) is 11.5 Å². The van der Waals surface area contributed by atoms with E-state index in [4.69, 9.17) is 38.7 Å². The van der Waals surface area contributed by atoms with E-state index in [1.165, 1.54) is 22.1 Å². The highest BCUT2D eigenvalue weighted by atomic mass is 35.5. The Balaban J connectivity index is 0.000000853. The number of piperidine rings is 1. The van der Waals surface area contributed by atoms with Crippen LogP contribution in [0.3, 0.4) is 0 Å². The lowest BCUT2D eigenvalue weighted by molar-refractivity contribution is -0.192. The smallest absolute Gasteiger partial charge is 0.490 e. The quantitative estimate of drug-likeness (QED) is 0.0964. The number of carboxylic acid groups (broad SMARTS) is 1. The zero-order valence-electron chi connectivity index (χ0n) is 38.4. The standard InChI is InChI=1S/C46H51ClN10O3S2.C2HF3O2/c1-5-32-22-36(39(59)24-38(32)58)43-50-52-46(61)57(43)35-12-6-30(7-13-35)25-53-18-20-54(21-19-53)26-31-14-16-55(17-15-31)40(60)23-37-44-51-49-29(4)56(44)45-41(27(2)28(3)62-45)42(48-37)33-8-10-34(47)11-9-33;3-2(4,5)1(6)7/h6-13,22,24,31,37,58-59H,5,14-21,23,25-26H2,1-4H3,(H,52,61);(H,6,7)/t37-;/m1./s1. The molecule has 3 aliphatic heterocycles. The molecule has 2 saturated heterocycles. The Morgan fingerprint density at radius 1 is 0.899 bits per heavy atom. The molecule has 6 aromatic rings. The highest BCUT2D eigenvalue weighted by Crippen LogP contribution is 2.40. The van der Waals surface area contributed by atoms with E-state index in [9.17, 15) is 28.2 Å². The molecule has 364 valence electrons. The summed E-state index contributed by atoms with van der Waals surface area (Å²) >= 11 is 13.6. The van der Waals surface area contributed by atoms with Gasteiger partial charge in [0.1, 0.15) is 28.4 Å². The number of aryl methyl sites for hydroxylation is 3. The number of benzene rings is 3. The third-order valence-electron chi connectivity index (χ3n) is 13.0. The fourth-order valence-electron chi connectivity index (χ4n) is 9.10. The number of likely N-dealkylation sites (tertiary alicyclic amines) is 1. The van der Waals surface area contributed by atoms with Crippen molar-refractivity contribution in [1.29, 1.82) is 0 Å². The summed E-state index contributed by atoms with van der Waals surface area (Å²) in [5.74, 6) is -0.115. The van der Waals surface area contributed by atoms with E-state index in [-0.39, 0.29) is 23.8 Å². The van der Waals surface area contributed by atoms with E-state index in [1.807, 2.05) is 59.7 Å². The number of carbonyl (C=O) groups is 2. The molecule has 4 N–H and O–H groups in total. The Bertz CT molecular complexity index is 2930. The molecular weight excluding hydrogens is 953 g/mol. The van der Waals surface area contributed by atoms with Crippen molar-refractivity contribution in [1.82, 2.24) is 44.2 Å². The molecule has 6 heterocycles. The molecule has 69 heavy (non-hydrogen) atoms. The first-order valence-corrected chi connectivity index (χ1v) is 24.2. The number of phenolic OH excluding ortho intramolecular Hbond substituents is 2. The van der Waals surface area contributed by atoms with Gasteiger partial charge in [-0.2, -0.15) is 18.3 Å². The van der Waals surface area contributed by atoms with Crippen LogP contribution in [-0.4, -0.2) is 129 Å². The van der Waals surface area contributed by atoms with Gasteiger partial charge in [-0.15, -0.1) is 21.5 Å². The van der Waals surface area contributed by atoms with Crippen LogP contribution >= 0.6 is 35.2 Å². The van der Waals surface area contributed by atoms with E-state index in [0.717, 1.165) is 104 Å². The maximum absolute atomic E-state index is 14.1. The molecule has 1 amide bonds. The summed E-state index contributed by atoms with van der Waals surface area (Å²) in [6.45, 7) is 15.6. The van der Waals surface area contributed by atoms with Crippen molar-refractivity contribution in [3.05, 3.63) is 115 Å². The van der Waals surface area contributed by atoms with Crippen LogP contribution in [0.2, 0.25) is 5.02 Å². The van der Waals surface area contributed by atoms with Gasteiger partial charge < -0.3 is 25.1 Å². The minimum atomic E-state index is -5.08. The van der Waals surface area contributed by atoms with Crippen molar-refractivity contribution < 1.29 is 38.1 Å². The summed E-state index contributed by atoms with van der Waals surface area (Å²) in [6.07, 6.45) is -2.26. The summed E-state index contributed by atoms with van der Waals surface area (Å²) in [6, 6.07) is 18.8. The van der Waals surface area contributed by atoms with Crippen molar-refractivity contribution in [2.75, 3.05) is 45.8 Å². The maximum Gasteiger partial charge on any atom is 0.490 e. The number of thiophene rings is 1. The van der Waals surface area contributed by atoms with Crippen LogP contribution in [0, 0.1) is 31.5 Å². The van der Waals surface area contributed by atoms with Crippen molar-refractivity contribution in [3.8, 4) is 33.6 Å². The number of fused-ring (bicyclic) bond motifs is 3. The zero-order chi connectivity index (χ0) is 49.3. The number of carbonyl (C=O) groups excluding carboxylic acids is 1. The second-order valence-corrected chi connectivity index (χ2v) is 19.5. The van der Waals surface area contributed by atoms with E-state index >= 15 is 0 Å². The molecule has 9 rings (SSSR count). The van der Waals surface area contributed by atoms with Gasteiger partial charge in [-0.25, -0.2) is 4.79 Å². The number of hydrogen-bond donors (Lipinski definition) is 4. The molecule has 2 fully saturated rings. The molecule has 3 aromatic carbocycles. The predicted molar refractivity (Wildman–Crippen MR) is 260 cm³/mol. The number of H-pyrrole nitrogens is 1. The number of nitrogens with zero attached hydrogens (tertiary/aromatic N) is 9. The molecule has 0 radical (unpaired) electrons. The molecule has 0 aliphatic carbocycles. The Morgan fingerprint density at radius 3 is 2.19 bits per heavy atom. The molecule has 3 aliphatic rings. The fraction of sp³-hybridized carbons (Fsp3) is 0.396. The number of nitrogens with one attached hydrogen (secondary N) is 1. The lowest BCUT2D eigenvalue weighted by atomic mass is 9.95. The topological polar surface area (TPSA) is 181 Å². The number of aliphatic carboxylic acids is 1. The molecule has 15 nitrogen and oxygen atoms in total. The second-order valence-electron chi connectivity index (χ2n) is 17.5. The van der Waals surface area contributed by atoms with Gasteiger partial charge in [-0.05, 0) is 105 Å². The minimum Gasteiger partial charge on any atom is -0.508 e. The SMILES string of the molecule is CCc1cc(-c2n[nH]c(=S)n2-c2ccc(CN3CCN(CC4CCN(C(=O)C[C@H]5N=C(c6ccc(Cl)cc6)c6c(sc(C)c6C)-n6c(C)nnc65)CC4)CC3)cc2)c(O)cc1O.O=C(O)C(F)(F)F. The largest absolute Gasteiger partial charge is 0.508 e. The molecule has 1 atom stereocenters. The number of aromatic nitrogens is 6. The van der Waals surface area contributed by atoms with Gasteiger partial charge in [0, 0.05) is 85.1 Å². The number of aromatic hydroxyl groups is 2. The van der Waals surface area contributed by atoms with E-state index in [1.54, 1.807) is 17.4 Å². The van der Waals surface area contributed by atoms with Crippen LogP contribution in [0.4, 0.5) is 13.2 Å². The lowest BCUT2D eigenvalue weighted by Gasteiger charge is -2.39. The Labute approximate surface area is 410 Å². The highest BCUT2D eigenvalue weighted by Gasteiger charge is 2.38. The first-order chi connectivity index (χ1) is 32.9. The summed E-state index contributed by atoms with van der Waals surface area (Å²) in [7, 11) is 0. The average molecular weight is 1010 g/mol. The highest BCUT2D eigenvalue weighted by molar-refractivity contribution is 7.71. The van der Waals surface area contributed by atoms with Crippen LogP contribution in [0.15, 0.2) is 65.7 Å². The minimum absolute atomic E-state index is 0.0574. The van der Waals surface area contributed by atoms with E-state index in [0.29, 0.717) is 39.3 Å². The number of aliphatic imine (C=N–C) groups is 1. The first kappa shape index (κ1) is 49.5. The van der Waals surface area contributed by atoms with E-state index in [2.05, 4.69) is 60.7 Å². The molecule has 0 unspecified atom stereocenters. The van der Waals surface area contributed by atoms with Crippen molar-refractivity contribution >= 4 is 52.7 Å². The van der Waals surface area contributed by atoms with Crippen LogP contribution < -0.4 is 0 Å². The first-order valence-electron chi connectivity index (χ1n) is 22.6. The Hall–Kier alpha value is -5.93. The summed E-state index contributed by atoms with van der Waals surface area (Å²) in [4.78, 5) is 36.6. The number of amides is 1. The second kappa shape index (κ2) is 20.6. The number of carboxylic acids is 1. The molecule has 21 heteroatoms. The number of piperazine rings is 1. The summed E-state index contributed by atoms with van der Waals surface area (Å²) in [5, 5.41) is 46.1. The molecule has 0 bridgehead atoms. The van der Waals surface area contributed by atoms with Crippen LogP contribution in [0.25, 0.3) is 22.1 Å². The van der Waals surface area contributed by atoms with Crippen molar-refractivity contribution in [3.63, 3.8) is 0 Å². The maximum atomic E-state index is 14.1. The Morgan fingerprint density at radius 2 is 1.55 bits per heavy atom. The van der Waals surface area contributed by atoms with Gasteiger partial charge in [-0.1, -0.05) is 42.8 Å². The molecule has 0 spiro atoms. The normalized spacial score (nSPS) is 16.8. The van der Waals surface area contributed by atoms with Crippen LogP contribution in [0.1, 0.15) is 76.6 Å². The number of hydrogen-bond acceptors (Lipinski definition) is 12. The average Bonchev–Trinajstić information content (AvgIpc) is 3.96. The predicted octanol–water partition coefficient (Wildman–Crippen LogP) is 8.76. The van der Waals surface area contributed by atoms with Crippen LogP contribution in [-0.2, 0) is 22.6 Å². The number of rotatable bonds is 10. The molecule has 0 saturated carbocycles. The van der Waals surface area contributed by atoms with Gasteiger partial charge in [-0.3, -0.25) is 28.9 Å². The Kier molecular flexibility index (Phi) is 14.8. The number of phenols is 2. The monoisotopic (exact) mass is 1000 g/mol. The number of aromatic amines is 1. The third kappa shape index (κ3) is 10.8. The number of alkyl halides is 3. The number of halogens is 4. The van der Waals surface area contributed by atoms with Gasteiger partial charge in [0.2, 0.25) is 5.91 Å². The van der Waals surface area contributed by atoms with Gasteiger partial charge in [0.05, 0.1) is 17.7 Å². The van der Waals surface area contributed by atoms with Gasteiger partial charge in [0.15, 0.2) is 16.4 Å². The molecular formula is C48H52ClF3N10O5S2. The van der Waals surface area contributed by atoms with Gasteiger partial charge in [0.25, 0.3) is 0 Å². The fourth-order valence-corrected chi connectivity index (χ4v) is 10.7.